The van der Waals surface area contributed by atoms with Crippen LogP contribution in [0.4, 0.5) is 11.4 Å². The van der Waals surface area contributed by atoms with E-state index in [2.05, 4.69) is 16.0 Å². The smallest absolute Gasteiger partial charge is 0.272 e. The fourth-order valence-corrected chi connectivity index (χ4v) is 4.64. The van der Waals surface area contributed by atoms with Gasteiger partial charge in [0, 0.05) is 32.9 Å². The normalized spacial score (nSPS) is 11.9. The summed E-state index contributed by atoms with van der Waals surface area (Å²) >= 11 is 7.51. The van der Waals surface area contributed by atoms with Gasteiger partial charge in [0.1, 0.15) is 11.5 Å². The minimum absolute atomic E-state index is 0.0153. The second-order valence-corrected chi connectivity index (χ2v) is 10.4. The minimum Gasteiger partial charge on any atom is -0.465 e. The highest BCUT2D eigenvalue weighted by molar-refractivity contribution is 8.00. The Hall–Kier alpha value is -4.27. The Morgan fingerprint density at radius 1 is 0.923 bits per heavy atom. The lowest BCUT2D eigenvalue weighted by atomic mass is 10.2. The molecule has 0 saturated carbocycles. The number of nitrogens with one attached hydrogen (secondary N) is 3. The highest BCUT2D eigenvalue weighted by Gasteiger charge is 2.18. The van der Waals surface area contributed by atoms with Crippen LogP contribution in [0.2, 0.25) is 5.02 Å². The molecule has 0 spiro atoms. The first-order valence-electron chi connectivity index (χ1n) is 12.1. The molecule has 3 N–H and O–H groups in total. The van der Waals surface area contributed by atoms with Crippen molar-refractivity contribution in [3.05, 3.63) is 119 Å². The topological polar surface area (TPSA) is 100 Å². The van der Waals surface area contributed by atoms with Gasteiger partial charge in [0.2, 0.25) is 5.91 Å². The van der Waals surface area contributed by atoms with Gasteiger partial charge in [0.05, 0.1) is 11.5 Å². The van der Waals surface area contributed by atoms with Crippen LogP contribution in [0, 0.1) is 6.92 Å². The Balaban J connectivity index is 1.45. The lowest BCUT2D eigenvalue weighted by Gasteiger charge is -2.15. The van der Waals surface area contributed by atoms with Crippen molar-refractivity contribution < 1.29 is 18.8 Å². The number of hydrogen-bond donors (Lipinski definition) is 3. The Labute approximate surface area is 235 Å². The summed E-state index contributed by atoms with van der Waals surface area (Å²) in [5, 5.41) is 8.56. The van der Waals surface area contributed by atoms with E-state index in [1.165, 1.54) is 24.1 Å². The summed E-state index contributed by atoms with van der Waals surface area (Å²) in [7, 11) is 0. The molecule has 0 fully saturated rings. The molecule has 0 aliphatic rings. The van der Waals surface area contributed by atoms with E-state index in [9.17, 15) is 14.4 Å². The van der Waals surface area contributed by atoms with Crippen LogP contribution in [0.3, 0.4) is 0 Å². The number of carbonyl (C=O) groups is 3. The molecule has 1 atom stereocenters. The molecule has 1 heterocycles. The molecule has 3 amide bonds. The molecule has 1 unspecified atom stereocenters. The summed E-state index contributed by atoms with van der Waals surface area (Å²) in [4.78, 5) is 39.5. The third-order valence-electron chi connectivity index (χ3n) is 5.66. The quantitative estimate of drug-likeness (QED) is 0.155. The number of amides is 3. The van der Waals surface area contributed by atoms with E-state index in [4.69, 9.17) is 16.0 Å². The van der Waals surface area contributed by atoms with Gasteiger partial charge in [-0.15, -0.1) is 11.8 Å². The number of thioether (sulfide) groups is 1. The molecule has 0 aliphatic heterocycles. The Kier molecular flexibility index (Phi) is 9.25. The molecule has 0 aliphatic carbocycles. The van der Waals surface area contributed by atoms with E-state index in [-0.39, 0.29) is 11.6 Å². The summed E-state index contributed by atoms with van der Waals surface area (Å²) in [5.41, 5.74) is 2.39. The fourth-order valence-electron chi connectivity index (χ4n) is 3.54. The molecule has 39 heavy (non-hydrogen) atoms. The van der Waals surface area contributed by atoms with Crippen LogP contribution in [0.15, 0.2) is 106 Å². The second-order valence-electron chi connectivity index (χ2n) is 8.54. The van der Waals surface area contributed by atoms with Gasteiger partial charge in [-0.2, -0.15) is 0 Å². The SMILES string of the molecule is Cc1c(Cl)cccc1NC(=O)C(C)Sc1cccc(NC(=O)/C(=C/c2ccco2)NC(=O)c2ccccc2)c1. The van der Waals surface area contributed by atoms with Crippen LogP contribution in [-0.4, -0.2) is 23.0 Å². The number of hydrogen-bond acceptors (Lipinski definition) is 5. The van der Waals surface area contributed by atoms with Crippen molar-refractivity contribution in [2.45, 2.75) is 24.0 Å². The predicted octanol–water partition coefficient (Wildman–Crippen LogP) is 6.77. The highest BCUT2D eigenvalue weighted by Crippen LogP contribution is 2.28. The van der Waals surface area contributed by atoms with Gasteiger partial charge in [0.15, 0.2) is 0 Å². The minimum atomic E-state index is -0.528. The molecule has 4 rings (SSSR count). The molecular weight excluding hydrogens is 534 g/mol. The number of anilines is 2. The summed E-state index contributed by atoms with van der Waals surface area (Å²) in [5.74, 6) is -0.720. The molecule has 0 radical (unpaired) electrons. The molecule has 9 heteroatoms. The molecule has 198 valence electrons. The van der Waals surface area contributed by atoms with Crippen molar-refractivity contribution in [2.24, 2.45) is 0 Å². The lowest BCUT2D eigenvalue weighted by molar-refractivity contribution is -0.115. The Bertz CT molecular complexity index is 1500. The highest BCUT2D eigenvalue weighted by atomic mass is 35.5. The van der Waals surface area contributed by atoms with Gasteiger partial charge < -0.3 is 20.4 Å². The van der Waals surface area contributed by atoms with E-state index >= 15 is 0 Å². The molecule has 1 aromatic heterocycles. The Morgan fingerprint density at radius 2 is 1.69 bits per heavy atom. The average Bonchev–Trinajstić information content (AvgIpc) is 3.44. The van der Waals surface area contributed by atoms with Crippen molar-refractivity contribution in [1.29, 1.82) is 0 Å². The molecule has 0 bridgehead atoms. The number of carbonyl (C=O) groups excluding carboxylic acids is 3. The third kappa shape index (κ3) is 7.63. The van der Waals surface area contributed by atoms with Gasteiger partial charge in [-0.25, -0.2) is 0 Å². The molecular formula is C30H26ClN3O4S. The number of furan rings is 1. The zero-order valence-corrected chi connectivity index (χ0v) is 22.8. The van der Waals surface area contributed by atoms with E-state index in [1.54, 1.807) is 85.8 Å². The van der Waals surface area contributed by atoms with E-state index < -0.39 is 17.1 Å². The largest absolute Gasteiger partial charge is 0.465 e. The zero-order chi connectivity index (χ0) is 27.8. The zero-order valence-electron chi connectivity index (χ0n) is 21.2. The van der Waals surface area contributed by atoms with E-state index in [0.717, 1.165) is 10.5 Å². The Morgan fingerprint density at radius 3 is 2.44 bits per heavy atom. The van der Waals surface area contributed by atoms with Gasteiger partial charge in [-0.05, 0) is 74.0 Å². The van der Waals surface area contributed by atoms with Gasteiger partial charge >= 0.3 is 0 Å². The van der Waals surface area contributed by atoms with Gasteiger partial charge in [-0.3, -0.25) is 14.4 Å². The van der Waals surface area contributed by atoms with Gasteiger partial charge in [-0.1, -0.05) is 41.9 Å². The van der Waals surface area contributed by atoms with Crippen molar-refractivity contribution in [3.63, 3.8) is 0 Å². The maximum absolute atomic E-state index is 13.2. The van der Waals surface area contributed by atoms with E-state index in [1.807, 2.05) is 13.0 Å². The fraction of sp³-hybridized carbons (Fsp3) is 0.100. The summed E-state index contributed by atoms with van der Waals surface area (Å²) in [6.07, 6.45) is 2.94. The van der Waals surface area contributed by atoms with Crippen LogP contribution in [0.5, 0.6) is 0 Å². The number of benzene rings is 3. The predicted molar refractivity (Wildman–Crippen MR) is 156 cm³/mol. The summed E-state index contributed by atoms with van der Waals surface area (Å²) < 4.78 is 5.34. The molecule has 4 aromatic rings. The van der Waals surface area contributed by atoms with Gasteiger partial charge in [0.25, 0.3) is 11.8 Å². The van der Waals surface area contributed by atoms with E-state index in [0.29, 0.717) is 27.7 Å². The third-order valence-corrected chi connectivity index (χ3v) is 7.16. The first kappa shape index (κ1) is 27.8. The average molecular weight is 560 g/mol. The van der Waals surface area contributed by atoms with Crippen molar-refractivity contribution in [1.82, 2.24) is 5.32 Å². The molecule has 7 nitrogen and oxygen atoms in total. The molecule has 3 aromatic carbocycles. The first-order chi connectivity index (χ1) is 18.8. The number of halogens is 1. The van der Waals surface area contributed by atoms with Crippen molar-refractivity contribution >= 4 is 58.5 Å². The monoisotopic (exact) mass is 559 g/mol. The van der Waals surface area contributed by atoms with Crippen LogP contribution in [0.1, 0.15) is 28.6 Å². The van der Waals surface area contributed by atoms with Crippen molar-refractivity contribution in [3.8, 4) is 0 Å². The van der Waals surface area contributed by atoms with Crippen LogP contribution < -0.4 is 16.0 Å². The molecule has 0 saturated heterocycles. The number of rotatable bonds is 9. The maximum atomic E-state index is 13.2. The second kappa shape index (κ2) is 13.0. The van der Waals surface area contributed by atoms with Crippen molar-refractivity contribution in [2.75, 3.05) is 10.6 Å². The standard InChI is InChI=1S/C30H26ClN3O4S/c1-19-25(31)14-7-15-26(19)33-28(35)20(2)39-24-13-6-11-22(17-24)32-30(37)27(18-23-12-8-16-38-23)34-29(36)21-9-4-3-5-10-21/h3-18,20H,1-2H3,(H,32,37)(H,33,35)(H,34,36)/b27-18-. The summed E-state index contributed by atoms with van der Waals surface area (Å²) in [6.45, 7) is 3.65. The maximum Gasteiger partial charge on any atom is 0.272 e. The first-order valence-corrected chi connectivity index (χ1v) is 13.3. The van der Waals surface area contributed by atoms with Crippen LogP contribution >= 0.6 is 23.4 Å². The van der Waals surface area contributed by atoms with Crippen LogP contribution in [0.25, 0.3) is 6.08 Å². The van der Waals surface area contributed by atoms with Crippen LogP contribution in [-0.2, 0) is 9.59 Å². The lowest BCUT2D eigenvalue weighted by Crippen LogP contribution is -2.30. The summed E-state index contributed by atoms with van der Waals surface area (Å²) in [6, 6.07) is 24.4.